The van der Waals surface area contributed by atoms with Crippen molar-refractivity contribution in [3.8, 4) is 5.75 Å². The van der Waals surface area contributed by atoms with Crippen molar-refractivity contribution >= 4 is 45.9 Å². The molecule has 0 saturated carbocycles. The van der Waals surface area contributed by atoms with E-state index in [1.807, 2.05) is 91.0 Å². The number of carbonyl (C=O) groups excluding carboxylic acids is 1. The largest absolute Gasteiger partial charge is 0.487 e. The Bertz CT molecular complexity index is 1620. The molecule has 1 atom stereocenters. The lowest BCUT2D eigenvalue weighted by Gasteiger charge is -2.26. The van der Waals surface area contributed by atoms with Gasteiger partial charge in [-0.2, -0.15) is 0 Å². The summed E-state index contributed by atoms with van der Waals surface area (Å²) in [6, 6.07) is 33.5. The van der Waals surface area contributed by atoms with E-state index >= 15 is 0 Å². The van der Waals surface area contributed by atoms with Crippen LogP contribution in [0.3, 0.4) is 0 Å². The van der Waals surface area contributed by atoms with Crippen LogP contribution in [0, 0.1) is 0 Å². The van der Waals surface area contributed by atoms with E-state index in [1.165, 1.54) is 0 Å². The normalized spacial score (nSPS) is 11.8. The second kappa shape index (κ2) is 12.2. The van der Waals surface area contributed by atoms with Crippen LogP contribution in [0.2, 0.25) is 10.0 Å². The summed E-state index contributed by atoms with van der Waals surface area (Å²) in [6.45, 7) is 0.129. The summed E-state index contributed by atoms with van der Waals surface area (Å²) in [4.78, 5) is 26.5. The molecule has 200 valence electrons. The maximum Gasteiger partial charge on any atom is 0.327 e. The number of amides is 1. The van der Waals surface area contributed by atoms with Gasteiger partial charge in [0, 0.05) is 11.3 Å². The molecular formula is C33H25Cl2NO4. The number of hydrogen-bond acceptors (Lipinski definition) is 3. The average Bonchev–Trinajstić information content (AvgIpc) is 2.98. The molecule has 0 aromatic heterocycles. The molecule has 0 aliphatic heterocycles. The molecule has 0 aliphatic rings. The van der Waals surface area contributed by atoms with Crippen LogP contribution in [0.5, 0.6) is 5.75 Å². The molecule has 40 heavy (non-hydrogen) atoms. The number of benzene rings is 5. The molecule has 1 unspecified atom stereocenters. The van der Waals surface area contributed by atoms with Gasteiger partial charge in [0.15, 0.2) is 0 Å². The first-order valence-corrected chi connectivity index (χ1v) is 13.4. The Morgan fingerprint density at radius 2 is 1.38 bits per heavy atom. The van der Waals surface area contributed by atoms with Gasteiger partial charge in [-0.1, -0.05) is 120 Å². The molecule has 0 fully saturated rings. The maximum atomic E-state index is 13.8. The van der Waals surface area contributed by atoms with Crippen molar-refractivity contribution in [1.29, 1.82) is 0 Å². The summed E-state index contributed by atoms with van der Waals surface area (Å²) in [5, 5.41) is 15.6. The average molecular weight is 570 g/mol. The Labute approximate surface area is 241 Å². The Morgan fingerprint density at radius 1 is 0.750 bits per heavy atom. The van der Waals surface area contributed by atoms with Crippen LogP contribution in [-0.4, -0.2) is 23.0 Å². The molecule has 0 spiro atoms. The van der Waals surface area contributed by atoms with Crippen LogP contribution < -0.4 is 10.1 Å². The second-order valence-electron chi connectivity index (χ2n) is 9.29. The topological polar surface area (TPSA) is 75.6 Å². The van der Waals surface area contributed by atoms with E-state index in [9.17, 15) is 14.7 Å². The lowest BCUT2D eigenvalue weighted by atomic mass is 9.84. The van der Waals surface area contributed by atoms with Crippen LogP contribution >= 0.6 is 23.2 Å². The minimum atomic E-state index is -1.24. The summed E-state index contributed by atoms with van der Waals surface area (Å²) in [6.07, 6.45) is 0. The predicted molar refractivity (Wildman–Crippen MR) is 158 cm³/mol. The number of carbonyl (C=O) groups is 2. The number of nitrogens with one attached hydrogen (secondary N) is 1. The number of ether oxygens (including phenoxy) is 1. The van der Waals surface area contributed by atoms with Gasteiger partial charge in [-0.25, -0.2) is 4.79 Å². The van der Waals surface area contributed by atoms with Gasteiger partial charge < -0.3 is 15.2 Å². The molecule has 5 aromatic rings. The van der Waals surface area contributed by atoms with Gasteiger partial charge >= 0.3 is 5.97 Å². The molecule has 5 rings (SSSR count). The maximum absolute atomic E-state index is 13.8. The van der Waals surface area contributed by atoms with Gasteiger partial charge in [-0.3, -0.25) is 4.79 Å². The van der Waals surface area contributed by atoms with E-state index in [1.54, 1.807) is 24.3 Å². The molecule has 2 N–H and O–H groups in total. The number of aliphatic carboxylic acids is 1. The van der Waals surface area contributed by atoms with E-state index < -0.39 is 23.8 Å². The molecular weight excluding hydrogens is 545 g/mol. The summed E-state index contributed by atoms with van der Waals surface area (Å²) < 4.78 is 6.21. The van der Waals surface area contributed by atoms with Crippen LogP contribution in [0.15, 0.2) is 115 Å². The monoisotopic (exact) mass is 569 g/mol. The van der Waals surface area contributed by atoms with Crippen molar-refractivity contribution in [2.75, 3.05) is 0 Å². The summed E-state index contributed by atoms with van der Waals surface area (Å²) >= 11 is 12.2. The highest BCUT2D eigenvalue weighted by Gasteiger charge is 2.33. The Hall–Kier alpha value is -4.32. The van der Waals surface area contributed by atoms with Crippen molar-refractivity contribution in [1.82, 2.24) is 5.32 Å². The number of carboxylic acid groups (broad SMARTS) is 1. The third-order valence-corrected chi connectivity index (χ3v) is 7.43. The zero-order valence-electron chi connectivity index (χ0n) is 21.3. The fraction of sp³-hybridized carbons (Fsp3) is 0.0909. The first-order chi connectivity index (χ1) is 19.4. The molecule has 1 amide bonds. The molecule has 0 aliphatic carbocycles. The molecule has 0 radical (unpaired) electrons. The van der Waals surface area contributed by atoms with E-state index in [4.69, 9.17) is 27.9 Å². The zero-order valence-corrected chi connectivity index (χ0v) is 22.8. The molecule has 5 aromatic carbocycles. The highest BCUT2D eigenvalue weighted by molar-refractivity contribution is 6.42. The van der Waals surface area contributed by atoms with Gasteiger partial charge in [-0.05, 0) is 40.3 Å². The SMILES string of the molecule is O=C(NC(C(=O)O)C(c1ccccc1)c1ccccc1)c1ccc2ccccc2c1OCc1ccc(Cl)c(Cl)c1. The van der Waals surface area contributed by atoms with E-state index in [0.29, 0.717) is 15.8 Å². The first-order valence-electron chi connectivity index (χ1n) is 12.6. The number of fused-ring (bicyclic) bond motifs is 1. The highest BCUT2D eigenvalue weighted by Crippen LogP contribution is 2.33. The van der Waals surface area contributed by atoms with Crippen LogP contribution in [0.4, 0.5) is 0 Å². The Kier molecular flexibility index (Phi) is 8.34. The molecule has 0 heterocycles. The zero-order chi connectivity index (χ0) is 28.1. The van der Waals surface area contributed by atoms with Crippen LogP contribution in [-0.2, 0) is 11.4 Å². The van der Waals surface area contributed by atoms with Crippen molar-refractivity contribution in [2.45, 2.75) is 18.6 Å². The van der Waals surface area contributed by atoms with Gasteiger partial charge in [0.05, 0.1) is 15.6 Å². The summed E-state index contributed by atoms with van der Waals surface area (Å²) in [5.41, 5.74) is 2.54. The lowest BCUT2D eigenvalue weighted by Crippen LogP contribution is -2.45. The Balaban J connectivity index is 1.52. The summed E-state index contributed by atoms with van der Waals surface area (Å²) in [5.74, 6) is -1.98. The molecule has 7 heteroatoms. The van der Waals surface area contributed by atoms with Gasteiger partial charge in [-0.15, -0.1) is 0 Å². The number of hydrogen-bond donors (Lipinski definition) is 2. The van der Waals surface area contributed by atoms with Crippen molar-refractivity contribution in [3.63, 3.8) is 0 Å². The lowest BCUT2D eigenvalue weighted by molar-refractivity contribution is -0.139. The van der Waals surface area contributed by atoms with Crippen molar-refractivity contribution in [2.24, 2.45) is 0 Å². The second-order valence-corrected chi connectivity index (χ2v) is 10.1. The van der Waals surface area contributed by atoms with E-state index in [-0.39, 0.29) is 12.2 Å². The number of rotatable bonds is 9. The van der Waals surface area contributed by atoms with E-state index in [0.717, 1.165) is 27.5 Å². The quantitative estimate of drug-likeness (QED) is 0.190. The number of halogens is 2. The standard InChI is InChI=1S/C33H25Cl2NO4/c34-27-18-15-21(19-28(27)35)20-40-31-25-14-8-7-9-22(25)16-17-26(31)32(37)36-30(33(38)39)29(23-10-3-1-4-11-23)24-12-5-2-6-13-24/h1-19,29-30H,20H2,(H,36,37)(H,38,39). The van der Waals surface area contributed by atoms with Crippen LogP contribution in [0.25, 0.3) is 10.8 Å². The predicted octanol–water partition coefficient (Wildman–Crippen LogP) is 7.74. The fourth-order valence-electron chi connectivity index (χ4n) is 4.77. The minimum Gasteiger partial charge on any atom is -0.487 e. The van der Waals surface area contributed by atoms with Gasteiger partial charge in [0.1, 0.15) is 18.4 Å². The highest BCUT2D eigenvalue weighted by atomic mass is 35.5. The third kappa shape index (κ3) is 5.96. The van der Waals surface area contributed by atoms with Gasteiger partial charge in [0.2, 0.25) is 0 Å². The van der Waals surface area contributed by atoms with Crippen molar-refractivity contribution in [3.05, 3.63) is 148 Å². The van der Waals surface area contributed by atoms with Crippen LogP contribution in [0.1, 0.15) is 33.0 Å². The third-order valence-electron chi connectivity index (χ3n) is 6.69. The Morgan fingerprint density at radius 3 is 2.00 bits per heavy atom. The molecule has 0 saturated heterocycles. The van der Waals surface area contributed by atoms with Gasteiger partial charge in [0.25, 0.3) is 5.91 Å². The molecule has 5 nitrogen and oxygen atoms in total. The summed E-state index contributed by atoms with van der Waals surface area (Å²) in [7, 11) is 0. The fourth-order valence-corrected chi connectivity index (χ4v) is 5.09. The van der Waals surface area contributed by atoms with Crippen molar-refractivity contribution < 1.29 is 19.4 Å². The first kappa shape index (κ1) is 27.3. The number of carboxylic acids is 1. The smallest absolute Gasteiger partial charge is 0.327 e. The minimum absolute atomic E-state index is 0.129. The molecule has 0 bridgehead atoms. The van der Waals surface area contributed by atoms with E-state index in [2.05, 4.69) is 5.32 Å².